The van der Waals surface area contributed by atoms with Gasteiger partial charge < -0.3 is 10.3 Å². The lowest BCUT2D eigenvalue weighted by Crippen LogP contribution is -2.27. The Morgan fingerprint density at radius 1 is 1.30 bits per heavy atom. The lowest BCUT2D eigenvalue weighted by molar-refractivity contribution is 0.303. The topological polar surface area (TPSA) is 82.2 Å². The van der Waals surface area contributed by atoms with Crippen LogP contribution in [0.5, 0.6) is 0 Å². The molecule has 0 radical (unpaired) electrons. The van der Waals surface area contributed by atoms with Crippen molar-refractivity contribution in [2.45, 2.75) is 26.8 Å². The van der Waals surface area contributed by atoms with E-state index in [9.17, 15) is 0 Å². The van der Waals surface area contributed by atoms with Gasteiger partial charge in [0.2, 0.25) is 0 Å². The van der Waals surface area contributed by atoms with E-state index in [1.54, 1.807) is 10.7 Å². The second-order valence-electron chi connectivity index (χ2n) is 5.89. The van der Waals surface area contributed by atoms with Gasteiger partial charge in [0.25, 0.3) is 5.89 Å². The van der Waals surface area contributed by atoms with Crippen LogP contribution in [0, 0.1) is 5.41 Å². The van der Waals surface area contributed by atoms with E-state index in [0.29, 0.717) is 11.7 Å². The van der Waals surface area contributed by atoms with E-state index in [-0.39, 0.29) is 11.5 Å². The predicted octanol–water partition coefficient (Wildman–Crippen LogP) is 2.43. The quantitative estimate of drug-likeness (QED) is 0.774. The number of aromatic nitrogens is 4. The van der Waals surface area contributed by atoms with Gasteiger partial charge in [-0.3, -0.25) is 0 Å². The van der Waals surface area contributed by atoms with Crippen molar-refractivity contribution < 1.29 is 4.52 Å². The number of fused-ring (bicyclic) bond motifs is 1. The summed E-state index contributed by atoms with van der Waals surface area (Å²) in [7, 11) is 0. The molecule has 0 fully saturated rings. The molecule has 6 heteroatoms. The fraction of sp³-hybridized carbons (Fsp3) is 0.357. The fourth-order valence-corrected chi connectivity index (χ4v) is 1.96. The summed E-state index contributed by atoms with van der Waals surface area (Å²) in [6, 6.07) is 5.54. The molecule has 3 aromatic heterocycles. The fourth-order valence-electron chi connectivity index (χ4n) is 1.96. The van der Waals surface area contributed by atoms with Crippen LogP contribution < -0.4 is 5.73 Å². The first-order chi connectivity index (χ1) is 9.47. The molecule has 0 bridgehead atoms. The highest BCUT2D eigenvalue weighted by Gasteiger charge is 2.27. The largest absolute Gasteiger partial charge is 0.334 e. The maximum Gasteiger partial charge on any atom is 0.261 e. The van der Waals surface area contributed by atoms with Crippen LogP contribution in [0.15, 0.2) is 35.1 Å². The first-order valence-electron chi connectivity index (χ1n) is 6.49. The first kappa shape index (κ1) is 12.8. The molecule has 0 aromatic carbocycles. The number of nitrogens with two attached hydrogens (primary N) is 1. The average Bonchev–Trinajstić information content (AvgIpc) is 3.02. The van der Waals surface area contributed by atoms with Gasteiger partial charge in [-0.1, -0.05) is 32.0 Å². The minimum absolute atomic E-state index is 0.123. The summed E-state index contributed by atoms with van der Waals surface area (Å²) in [6.07, 6.45) is 3.59. The molecule has 20 heavy (non-hydrogen) atoms. The van der Waals surface area contributed by atoms with Gasteiger partial charge >= 0.3 is 0 Å². The van der Waals surface area contributed by atoms with Gasteiger partial charge in [0.1, 0.15) is 0 Å². The third-order valence-electron chi connectivity index (χ3n) is 3.31. The summed E-state index contributed by atoms with van der Waals surface area (Å²) in [5.74, 6) is 0.962. The van der Waals surface area contributed by atoms with Crippen LogP contribution in [0.1, 0.15) is 32.6 Å². The smallest absolute Gasteiger partial charge is 0.261 e. The van der Waals surface area contributed by atoms with Crippen molar-refractivity contribution in [1.29, 1.82) is 0 Å². The van der Waals surface area contributed by atoms with E-state index < -0.39 is 0 Å². The van der Waals surface area contributed by atoms with E-state index in [2.05, 4.69) is 15.2 Å². The van der Waals surface area contributed by atoms with Crippen LogP contribution in [-0.4, -0.2) is 19.8 Å². The van der Waals surface area contributed by atoms with Crippen molar-refractivity contribution in [3.63, 3.8) is 0 Å². The van der Waals surface area contributed by atoms with Crippen LogP contribution in [0.2, 0.25) is 0 Å². The zero-order valence-corrected chi connectivity index (χ0v) is 11.7. The van der Waals surface area contributed by atoms with Crippen molar-refractivity contribution in [3.05, 3.63) is 36.4 Å². The minimum atomic E-state index is -0.276. The normalized spacial score (nSPS) is 13.8. The molecule has 0 aliphatic carbocycles. The maximum atomic E-state index is 6.15. The van der Waals surface area contributed by atoms with E-state index in [4.69, 9.17) is 10.3 Å². The molecule has 3 aromatic rings. The van der Waals surface area contributed by atoms with Crippen LogP contribution in [0.3, 0.4) is 0 Å². The van der Waals surface area contributed by atoms with Gasteiger partial charge in [-0.25, -0.2) is 4.52 Å². The number of hydrogen-bond acceptors (Lipinski definition) is 5. The summed E-state index contributed by atoms with van der Waals surface area (Å²) in [4.78, 5) is 4.41. The second-order valence-corrected chi connectivity index (χ2v) is 5.89. The summed E-state index contributed by atoms with van der Waals surface area (Å²) < 4.78 is 7.11. The lowest BCUT2D eigenvalue weighted by Gasteiger charge is -2.23. The molecule has 3 heterocycles. The molecule has 1 unspecified atom stereocenters. The van der Waals surface area contributed by atoms with Crippen molar-refractivity contribution in [2.75, 3.05) is 0 Å². The number of hydrogen-bond donors (Lipinski definition) is 1. The Hall–Kier alpha value is -2.21. The number of rotatable bonds is 2. The van der Waals surface area contributed by atoms with Crippen LogP contribution in [0.4, 0.5) is 0 Å². The predicted molar refractivity (Wildman–Crippen MR) is 74.9 cm³/mol. The SMILES string of the molecule is CC(C)(C)C(N)c1noc(-c2cnn3ccccc23)n1. The molecular weight excluding hydrogens is 254 g/mol. The molecule has 0 spiro atoms. The summed E-state index contributed by atoms with van der Waals surface area (Å²) in [6.45, 7) is 6.13. The van der Waals surface area contributed by atoms with Crippen LogP contribution in [-0.2, 0) is 0 Å². The van der Waals surface area contributed by atoms with E-state index in [1.807, 2.05) is 45.2 Å². The molecule has 0 aliphatic heterocycles. The van der Waals surface area contributed by atoms with Gasteiger partial charge in [-0.15, -0.1) is 0 Å². The van der Waals surface area contributed by atoms with Crippen LogP contribution >= 0.6 is 0 Å². The first-order valence-corrected chi connectivity index (χ1v) is 6.49. The molecule has 0 amide bonds. The highest BCUT2D eigenvalue weighted by molar-refractivity contribution is 5.74. The maximum absolute atomic E-state index is 6.15. The van der Waals surface area contributed by atoms with Gasteiger partial charge in [0.05, 0.1) is 23.3 Å². The zero-order valence-electron chi connectivity index (χ0n) is 11.7. The third kappa shape index (κ3) is 2.08. The Bertz CT molecular complexity index is 737. The standard InChI is InChI=1S/C14H17N5O/c1-14(2,3)11(15)12-17-13(20-18-12)9-8-16-19-7-5-4-6-10(9)19/h4-8,11H,15H2,1-3H3. The number of pyridine rings is 1. The van der Waals surface area contributed by atoms with Crippen molar-refractivity contribution in [2.24, 2.45) is 11.1 Å². The third-order valence-corrected chi connectivity index (χ3v) is 3.31. The molecule has 0 saturated heterocycles. The Morgan fingerprint density at radius 2 is 2.10 bits per heavy atom. The molecule has 2 N–H and O–H groups in total. The molecule has 6 nitrogen and oxygen atoms in total. The molecule has 0 aliphatic rings. The second kappa shape index (κ2) is 4.42. The van der Waals surface area contributed by atoms with Gasteiger partial charge in [-0.05, 0) is 17.5 Å². The summed E-state index contributed by atoms with van der Waals surface area (Å²) in [5.41, 5.74) is 7.76. The van der Waals surface area contributed by atoms with Gasteiger partial charge in [-0.2, -0.15) is 10.1 Å². The van der Waals surface area contributed by atoms with E-state index >= 15 is 0 Å². The molecule has 0 saturated carbocycles. The van der Waals surface area contributed by atoms with Gasteiger partial charge in [0, 0.05) is 6.20 Å². The Kier molecular flexibility index (Phi) is 2.83. The monoisotopic (exact) mass is 271 g/mol. The molecule has 104 valence electrons. The lowest BCUT2D eigenvalue weighted by atomic mass is 9.87. The van der Waals surface area contributed by atoms with Gasteiger partial charge in [0.15, 0.2) is 5.82 Å². The van der Waals surface area contributed by atoms with E-state index in [0.717, 1.165) is 11.1 Å². The summed E-state index contributed by atoms with van der Waals surface area (Å²) >= 11 is 0. The summed E-state index contributed by atoms with van der Waals surface area (Å²) in [5, 5.41) is 8.25. The highest BCUT2D eigenvalue weighted by atomic mass is 16.5. The number of nitrogens with zero attached hydrogens (tertiary/aromatic N) is 4. The average molecular weight is 271 g/mol. The zero-order chi connectivity index (χ0) is 14.3. The molecular formula is C14H17N5O. The Balaban J connectivity index is 2.02. The molecule has 3 rings (SSSR count). The Morgan fingerprint density at radius 3 is 2.85 bits per heavy atom. The van der Waals surface area contributed by atoms with Crippen molar-refractivity contribution in [1.82, 2.24) is 19.8 Å². The van der Waals surface area contributed by atoms with E-state index in [1.165, 1.54) is 0 Å². The Labute approximate surface area is 116 Å². The van der Waals surface area contributed by atoms with Crippen molar-refractivity contribution >= 4 is 5.52 Å². The minimum Gasteiger partial charge on any atom is -0.334 e. The highest BCUT2D eigenvalue weighted by Crippen LogP contribution is 2.30. The van der Waals surface area contributed by atoms with Crippen LogP contribution in [0.25, 0.3) is 17.0 Å². The van der Waals surface area contributed by atoms with Crippen molar-refractivity contribution in [3.8, 4) is 11.5 Å². The molecule has 1 atom stereocenters.